The van der Waals surface area contributed by atoms with E-state index in [0.717, 1.165) is 11.1 Å². The van der Waals surface area contributed by atoms with Crippen LogP contribution >= 0.6 is 11.6 Å². The van der Waals surface area contributed by atoms with E-state index in [-0.39, 0.29) is 29.2 Å². The summed E-state index contributed by atoms with van der Waals surface area (Å²) >= 11 is 5.83. The zero-order chi connectivity index (χ0) is 23.4. The maximum atomic E-state index is 11.2. The number of aliphatic hydroxyl groups is 4. The van der Waals surface area contributed by atoms with E-state index in [4.69, 9.17) is 16.7 Å². The van der Waals surface area contributed by atoms with Crippen LogP contribution in [0.4, 0.5) is 5.69 Å². The number of aromatic carboxylic acids is 1. The molecule has 3 aromatic carbocycles. The van der Waals surface area contributed by atoms with Gasteiger partial charge in [-0.25, -0.2) is 4.79 Å². The molecule has 32 heavy (non-hydrogen) atoms. The second-order valence-corrected chi connectivity index (χ2v) is 7.61. The standard InChI is InChI=1S/C23H23ClN2O6/c24-19-8-3-7-18(14-19)22(29,30)23(31,32)26-11-10-25-20-9-2-5-16(13-20)15-4-1-6-17(12-15)21(27)28/h1-9,12-14,25-26,29-32H,10-11H2,(H,27,28). The fourth-order valence-electron chi connectivity index (χ4n) is 3.11. The van der Waals surface area contributed by atoms with Gasteiger partial charge in [0.2, 0.25) is 0 Å². The molecule has 0 unspecified atom stereocenters. The van der Waals surface area contributed by atoms with Gasteiger partial charge in [-0.2, -0.15) is 0 Å². The van der Waals surface area contributed by atoms with Gasteiger partial charge in [-0.3, -0.25) is 5.32 Å². The molecule has 0 radical (unpaired) electrons. The highest BCUT2D eigenvalue weighted by Gasteiger charge is 2.48. The van der Waals surface area contributed by atoms with Crippen LogP contribution in [0.1, 0.15) is 15.9 Å². The third-order valence-electron chi connectivity index (χ3n) is 4.84. The molecule has 8 nitrogen and oxygen atoms in total. The van der Waals surface area contributed by atoms with E-state index in [1.54, 1.807) is 30.3 Å². The first-order valence-electron chi connectivity index (χ1n) is 9.68. The Morgan fingerprint density at radius 3 is 2.19 bits per heavy atom. The Bertz CT molecular complexity index is 1100. The number of carbonyl (C=O) groups is 1. The van der Waals surface area contributed by atoms with Gasteiger partial charge in [0.1, 0.15) is 0 Å². The Morgan fingerprint density at radius 2 is 1.50 bits per heavy atom. The van der Waals surface area contributed by atoms with E-state index >= 15 is 0 Å². The zero-order valence-corrected chi connectivity index (χ0v) is 17.6. The van der Waals surface area contributed by atoms with Gasteiger partial charge in [0, 0.05) is 29.4 Å². The van der Waals surface area contributed by atoms with Crippen LogP contribution in [0.3, 0.4) is 0 Å². The maximum absolute atomic E-state index is 11.2. The van der Waals surface area contributed by atoms with Crippen molar-refractivity contribution >= 4 is 23.3 Å². The van der Waals surface area contributed by atoms with Crippen LogP contribution in [-0.4, -0.2) is 50.5 Å². The lowest BCUT2D eigenvalue weighted by Crippen LogP contribution is -2.62. The van der Waals surface area contributed by atoms with Gasteiger partial charge in [-0.15, -0.1) is 0 Å². The Morgan fingerprint density at radius 1 is 0.844 bits per heavy atom. The summed E-state index contributed by atoms with van der Waals surface area (Å²) in [6.45, 7) is 0.183. The first kappa shape index (κ1) is 23.7. The molecule has 0 aromatic heterocycles. The van der Waals surface area contributed by atoms with E-state index in [2.05, 4.69) is 10.6 Å². The molecule has 0 saturated carbocycles. The third kappa shape index (κ3) is 5.43. The summed E-state index contributed by atoms with van der Waals surface area (Å²) in [6.07, 6.45) is 0. The summed E-state index contributed by atoms with van der Waals surface area (Å²) in [4.78, 5) is 11.2. The topological polar surface area (TPSA) is 142 Å². The van der Waals surface area contributed by atoms with E-state index in [1.165, 1.54) is 30.3 Å². The summed E-state index contributed by atoms with van der Waals surface area (Å²) < 4.78 is 0. The lowest BCUT2D eigenvalue weighted by molar-refractivity contribution is -0.378. The molecular weight excluding hydrogens is 436 g/mol. The fourth-order valence-corrected chi connectivity index (χ4v) is 3.30. The van der Waals surface area contributed by atoms with Crippen LogP contribution in [0.15, 0.2) is 72.8 Å². The fraction of sp³-hybridized carbons (Fsp3) is 0.174. The van der Waals surface area contributed by atoms with Crippen LogP contribution in [0.5, 0.6) is 0 Å². The minimum absolute atomic E-state index is 0.0326. The average Bonchev–Trinajstić information content (AvgIpc) is 2.77. The molecular formula is C23H23ClN2O6. The number of carboxylic acids is 1. The van der Waals surface area contributed by atoms with E-state index in [1.807, 2.05) is 12.1 Å². The molecule has 0 atom stereocenters. The van der Waals surface area contributed by atoms with E-state index < -0.39 is 17.7 Å². The zero-order valence-electron chi connectivity index (χ0n) is 16.9. The first-order valence-corrected chi connectivity index (χ1v) is 10.1. The summed E-state index contributed by atoms with van der Waals surface area (Å²) in [5, 5.41) is 55.6. The summed E-state index contributed by atoms with van der Waals surface area (Å²) in [5.41, 5.74) is 2.24. The molecule has 0 spiro atoms. The van der Waals surface area contributed by atoms with Crippen molar-refractivity contribution in [1.29, 1.82) is 0 Å². The van der Waals surface area contributed by atoms with Gasteiger partial charge in [0.25, 0.3) is 11.7 Å². The molecule has 0 saturated heterocycles. The molecule has 0 aliphatic carbocycles. The molecule has 0 aliphatic heterocycles. The SMILES string of the molecule is O=C(O)c1cccc(-c2cccc(NCCNC(O)(O)C(O)(O)c3cccc(Cl)c3)c2)c1. The van der Waals surface area contributed by atoms with Crippen molar-refractivity contribution in [3.63, 3.8) is 0 Å². The lowest BCUT2D eigenvalue weighted by Gasteiger charge is -2.35. The molecule has 0 amide bonds. The van der Waals surface area contributed by atoms with Crippen LogP contribution in [0.2, 0.25) is 5.02 Å². The molecule has 0 aliphatic rings. The predicted octanol–water partition coefficient (Wildman–Crippen LogP) is 2.18. The second kappa shape index (κ2) is 9.66. The molecule has 9 heteroatoms. The van der Waals surface area contributed by atoms with Crippen molar-refractivity contribution in [2.75, 3.05) is 18.4 Å². The van der Waals surface area contributed by atoms with Crippen LogP contribution in [0.25, 0.3) is 11.1 Å². The highest BCUT2D eigenvalue weighted by molar-refractivity contribution is 6.30. The van der Waals surface area contributed by atoms with Gasteiger partial charge in [0.15, 0.2) is 0 Å². The van der Waals surface area contributed by atoms with Crippen LogP contribution in [0, 0.1) is 0 Å². The van der Waals surface area contributed by atoms with Gasteiger partial charge in [-0.1, -0.05) is 48.0 Å². The predicted molar refractivity (Wildman–Crippen MR) is 120 cm³/mol. The smallest absolute Gasteiger partial charge is 0.335 e. The molecule has 7 N–H and O–H groups in total. The highest BCUT2D eigenvalue weighted by Crippen LogP contribution is 2.29. The third-order valence-corrected chi connectivity index (χ3v) is 5.08. The number of halogens is 1. The molecule has 168 valence electrons. The molecule has 0 fully saturated rings. The number of anilines is 1. The van der Waals surface area contributed by atoms with E-state index in [0.29, 0.717) is 5.69 Å². The van der Waals surface area contributed by atoms with Crippen molar-refractivity contribution in [3.8, 4) is 11.1 Å². The molecule has 0 bridgehead atoms. The first-order chi connectivity index (χ1) is 15.1. The number of benzene rings is 3. The summed E-state index contributed by atoms with van der Waals surface area (Å²) in [5.74, 6) is -7.06. The monoisotopic (exact) mass is 458 g/mol. The average molecular weight is 459 g/mol. The van der Waals surface area contributed by atoms with Crippen LogP contribution < -0.4 is 10.6 Å². The van der Waals surface area contributed by atoms with Crippen molar-refractivity contribution in [1.82, 2.24) is 5.32 Å². The number of carboxylic acid groups (broad SMARTS) is 1. The molecule has 3 aromatic rings. The Kier molecular flexibility index (Phi) is 7.15. The Hall–Kier alpha value is -2.98. The molecule has 3 rings (SSSR count). The summed E-state index contributed by atoms with van der Waals surface area (Å²) in [6, 6.07) is 19.3. The van der Waals surface area contributed by atoms with Crippen LogP contribution in [-0.2, 0) is 5.79 Å². The van der Waals surface area contributed by atoms with Crippen molar-refractivity contribution in [3.05, 3.63) is 88.9 Å². The number of hydrogen-bond donors (Lipinski definition) is 7. The van der Waals surface area contributed by atoms with Gasteiger partial charge < -0.3 is 30.8 Å². The summed E-state index contributed by atoms with van der Waals surface area (Å²) in [7, 11) is 0. The maximum Gasteiger partial charge on any atom is 0.335 e. The highest BCUT2D eigenvalue weighted by atomic mass is 35.5. The van der Waals surface area contributed by atoms with Gasteiger partial charge in [0.05, 0.1) is 5.56 Å². The number of rotatable bonds is 9. The quantitative estimate of drug-likeness (QED) is 0.191. The van der Waals surface area contributed by atoms with Crippen molar-refractivity contribution in [2.24, 2.45) is 0 Å². The Labute approximate surface area is 189 Å². The minimum atomic E-state index is -3.04. The Balaban J connectivity index is 1.61. The van der Waals surface area contributed by atoms with Crippen molar-refractivity contribution < 1.29 is 30.3 Å². The normalized spacial score (nSPS) is 11.9. The van der Waals surface area contributed by atoms with Crippen molar-refractivity contribution in [2.45, 2.75) is 11.7 Å². The minimum Gasteiger partial charge on any atom is -0.478 e. The van der Waals surface area contributed by atoms with Gasteiger partial charge in [-0.05, 0) is 47.5 Å². The number of hydrogen-bond acceptors (Lipinski definition) is 7. The largest absolute Gasteiger partial charge is 0.478 e. The van der Waals surface area contributed by atoms with Gasteiger partial charge >= 0.3 is 5.97 Å². The lowest BCUT2D eigenvalue weighted by atomic mass is 10.0. The second-order valence-electron chi connectivity index (χ2n) is 7.18. The number of nitrogens with one attached hydrogen (secondary N) is 2. The van der Waals surface area contributed by atoms with E-state index in [9.17, 15) is 25.2 Å². The molecule has 0 heterocycles.